The first kappa shape index (κ1) is 16.0. The zero-order valence-corrected chi connectivity index (χ0v) is 13.9. The van der Waals surface area contributed by atoms with Crippen molar-refractivity contribution < 1.29 is 13.5 Å². The number of aliphatic hydroxyl groups excluding tert-OH is 1. The fourth-order valence-corrected chi connectivity index (χ4v) is 5.13. The van der Waals surface area contributed by atoms with E-state index < -0.39 is 10.0 Å². The van der Waals surface area contributed by atoms with Gasteiger partial charge in [0.25, 0.3) is 0 Å². The molecule has 20 heavy (non-hydrogen) atoms. The molecular formula is C12H16BrClN2O3S. The molecule has 1 atom stereocenters. The third kappa shape index (κ3) is 3.12. The average Bonchev–Trinajstić information content (AvgIpc) is 2.83. The number of nitrogens with two attached hydrogens (primary N) is 1. The largest absolute Gasteiger partial charge is 0.398 e. The molecule has 1 aromatic rings. The van der Waals surface area contributed by atoms with Gasteiger partial charge in [-0.3, -0.25) is 0 Å². The molecule has 0 saturated carbocycles. The third-order valence-electron chi connectivity index (χ3n) is 3.44. The number of nitrogen functional groups attached to an aromatic ring is 1. The molecular weight excluding hydrogens is 368 g/mol. The summed E-state index contributed by atoms with van der Waals surface area (Å²) in [5.41, 5.74) is 6.04. The maximum absolute atomic E-state index is 12.6. The molecule has 0 amide bonds. The van der Waals surface area contributed by atoms with E-state index in [0.29, 0.717) is 29.7 Å². The molecule has 3 N–H and O–H groups in total. The van der Waals surface area contributed by atoms with E-state index in [-0.39, 0.29) is 22.4 Å². The van der Waals surface area contributed by atoms with E-state index in [4.69, 9.17) is 22.4 Å². The summed E-state index contributed by atoms with van der Waals surface area (Å²) in [4.78, 5) is 0.0900. The summed E-state index contributed by atoms with van der Waals surface area (Å²) < 4.78 is 27.0. The van der Waals surface area contributed by atoms with Gasteiger partial charge in [-0.15, -0.1) is 0 Å². The molecule has 1 saturated heterocycles. The van der Waals surface area contributed by atoms with Gasteiger partial charge in [0.1, 0.15) is 0 Å². The summed E-state index contributed by atoms with van der Waals surface area (Å²) in [6, 6.07) is 2.90. The number of hydrogen-bond donors (Lipinski definition) is 2. The maximum Gasteiger partial charge on any atom is 0.244 e. The van der Waals surface area contributed by atoms with Crippen LogP contribution >= 0.6 is 27.5 Å². The Kier molecular flexibility index (Phi) is 4.96. The molecule has 5 nitrogen and oxygen atoms in total. The van der Waals surface area contributed by atoms with Crippen molar-refractivity contribution in [2.45, 2.75) is 17.7 Å². The lowest BCUT2D eigenvalue weighted by Gasteiger charge is -2.18. The minimum absolute atomic E-state index is 0.0758. The second-order valence-electron chi connectivity index (χ2n) is 4.84. The molecule has 1 heterocycles. The smallest absolute Gasteiger partial charge is 0.244 e. The van der Waals surface area contributed by atoms with Crippen LogP contribution in [0.5, 0.6) is 0 Å². The van der Waals surface area contributed by atoms with E-state index in [2.05, 4.69) is 15.9 Å². The van der Waals surface area contributed by atoms with Crippen LogP contribution < -0.4 is 5.73 Å². The molecule has 1 aromatic carbocycles. The van der Waals surface area contributed by atoms with Crippen LogP contribution in [0, 0.1) is 5.92 Å². The van der Waals surface area contributed by atoms with E-state index in [0.717, 1.165) is 6.42 Å². The first-order valence-electron chi connectivity index (χ1n) is 6.21. The van der Waals surface area contributed by atoms with Crippen molar-refractivity contribution in [3.63, 3.8) is 0 Å². The van der Waals surface area contributed by atoms with Crippen molar-refractivity contribution in [1.82, 2.24) is 4.31 Å². The van der Waals surface area contributed by atoms with Gasteiger partial charge >= 0.3 is 0 Å². The van der Waals surface area contributed by atoms with Gasteiger partial charge in [-0.05, 0) is 46.8 Å². The molecule has 0 spiro atoms. The Balaban J connectivity index is 2.32. The number of benzene rings is 1. The number of anilines is 1. The van der Waals surface area contributed by atoms with Gasteiger partial charge < -0.3 is 10.8 Å². The molecule has 112 valence electrons. The highest BCUT2D eigenvalue weighted by Crippen LogP contribution is 2.35. The standard InChI is InChI=1S/C12H16BrClN2O3S/c13-12-10(15)5-9(14)6-11(12)20(18,19)16-3-1-8(7-16)2-4-17/h5-6,8,17H,1-4,7,15H2. The van der Waals surface area contributed by atoms with Gasteiger partial charge in [-0.25, -0.2) is 8.42 Å². The average molecular weight is 384 g/mol. The number of hydrogen-bond acceptors (Lipinski definition) is 4. The number of nitrogens with zero attached hydrogens (tertiary/aromatic N) is 1. The van der Waals surface area contributed by atoms with Crippen LogP contribution in [0.3, 0.4) is 0 Å². The lowest BCUT2D eigenvalue weighted by molar-refractivity contribution is 0.259. The summed E-state index contributed by atoms with van der Waals surface area (Å²) in [6.45, 7) is 0.944. The van der Waals surface area contributed by atoms with Crippen molar-refractivity contribution in [3.8, 4) is 0 Å². The van der Waals surface area contributed by atoms with Crippen LogP contribution in [0.15, 0.2) is 21.5 Å². The molecule has 0 aromatic heterocycles. The van der Waals surface area contributed by atoms with Gasteiger partial charge in [0.2, 0.25) is 10.0 Å². The van der Waals surface area contributed by atoms with E-state index in [1.54, 1.807) is 0 Å². The lowest BCUT2D eigenvalue weighted by atomic mass is 10.1. The molecule has 8 heteroatoms. The quantitative estimate of drug-likeness (QED) is 0.780. The molecule has 2 rings (SSSR count). The fraction of sp³-hybridized carbons (Fsp3) is 0.500. The Hall–Kier alpha value is -0.340. The molecule has 1 fully saturated rings. The van der Waals surface area contributed by atoms with Gasteiger partial charge in [0.05, 0.1) is 9.37 Å². The van der Waals surface area contributed by atoms with E-state index in [9.17, 15) is 8.42 Å². The van der Waals surface area contributed by atoms with Crippen molar-refractivity contribution >= 4 is 43.2 Å². The highest BCUT2D eigenvalue weighted by atomic mass is 79.9. The van der Waals surface area contributed by atoms with E-state index >= 15 is 0 Å². The topological polar surface area (TPSA) is 83.6 Å². The lowest BCUT2D eigenvalue weighted by Crippen LogP contribution is -2.29. The summed E-state index contributed by atoms with van der Waals surface area (Å²) in [6.07, 6.45) is 1.37. The minimum atomic E-state index is -3.63. The van der Waals surface area contributed by atoms with Crippen molar-refractivity contribution in [2.24, 2.45) is 5.92 Å². The van der Waals surface area contributed by atoms with Crippen LogP contribution in [0.1, 0.15) is 12.8 Å². The number of aliphatic hydroxyl groups is 1. The number of halogens is 2. The Bertz CT molecular complexity index is 609. The second kappa shape index (κ2) is 6.19. The van der Waals surface area contributed by atoms with Gasteiger partial charge in [0.15, 0.2) is 0 Å². The highest BCUT2D eigenvalue weighted by Gasteiger charge is 2.33. The van der Waals surface area contributed by atoms with Crippen LogP contribution in [0.4, 0.5) is 5.69 Å². The third-order valence-corrected chi connectivity index (χ3v) is 6.69. The number of sulfonamides is 1. The summed E-state index contributed by atoms with van der Waals surface area (Å²) >= 11 is 9.11. The van der Waals surface area contributed by atoms with E-state index in [1.807, 2.05) is 0 Å². The predicted molar refractivity (Wildman–Crippen MR) is 82.1 cm³/mol. The van der Waals surface area contributed by atoms with Crippen LogP contribution in [-0.2, 0) is 10.0 Å². The summed E-state index contributed by atoms with van der Waals surface area (Å²) in [5, 5.41) is 9.23. The SMILES string of the molecule is Nc1cc(Cl)cc(S(=O)(=O)N2CCC(CCO)C2)c1Br. The van der Waals surface area contributed by atoms with Crippen LogP contribution in [0.25, 0.3) is 0 Å². The van der Waals surface area contributed by atoms with Crippen molar-refractivity contribution in [1.29, 1.82) is 0 Å². The Morgan fingerprint density at radius 2 is 2.20 bits per heavy atom. The van der Waals surface area contributed by atoms with Crippen molar-refractivity contribution in [3.05, 3.63) is 21.6 Å². The molecule has 0 bridgehead atoms. The summed E-state index contributed by atoms with van der Waals surface area (Å²) in [5.74, 6) is 0.199. The fourth-order valence-electron chi connectivity index (χ4n) is 2.34. The zero-order valence-electron chi connectivity index (χ0n) is 10.7. The monoisotopic (exact) mass is 382 g/mol. The Labute approximate surface area is 131 Å². The van der Waals surface area contributed by atoms with Crippen molar-refractivity contribution in [2.75, 3.05) is 25.4 Å². The Morgan fingerprint density at radius 1 is 1.50 bits per heavy atom. The highest BCUT2D eigenvalue weighted by molar-refractivity contribution is 9.10. The molecule has 1 unspecified atom stereocenters. The molecule has 1 aliphatic heterocycles. The molecule has 1 aliphatic rings. The Morgan fingerprint density at radius 3 is 2.85 bits per heavy atom. The molecule has 0 radical (unpaired) electrons. The number of rotatable bonds is 4. The zero-order chi connectivity index (χ0) is 14.9. The van der Waals surface area contributed by atoms with Crippen LogP contribution in [-0.4, -0.2) is 37.5 Å². The normalized spacial score (nSPS) is 20.4. The van der Waals surface area contributed by atoms with Crippen LogP contribution in [0.2, 0.25) is 5.02 Å². The van der Waals surface area contributed by atoms with Gasteiger partial charge in [-0.2, -0.15) is 4.31 Å². The second-order valence-corrected chi connectivity index (χ2v) is 7.97. The van der Waals surface area contributed by atoms with Gasteiger partial charge in [-0.1, -0.05) is 11.6 Å². The summed E-state index contributed by atoms with van der Waals surface area (Å²) in [7, 11) is -3.63. The minimum Gasteiger partial charge on any atom is -0.398 e. The first-order valence-corrected chi connectivity index (χ1v) is 8.83. The van der Waals surface area contributed by atoms with E-state index in [1.165, 1.54) is 16.4 Å². The van der Waals surface area contributed by atoms with Gasteiger partial charge in [0, 0.05) is 30.4 Å². The first-order chi connectivity index (χ1) is 9.36. The maximum atomic E-state index is 12.6. The predicted octanol–water partition coefficient (Wildman–Crippen LogP) is 2.08. The molecule has 0 aliphatic carbocycles.